The molecule has 52 valence electrons. The van der Waals surface area contributed by atoms with Gasteiger partial charge in [-0.3, -0.25) is 0 Å². The highest BCUT2D eigenvalue weighted by atomic mass is 16.3. The molecular formula is C6H7N3O. The van der Waals surface area contributed by atoms with Crippen LogP contribution >= 0.6 is 0 Å². The van der Waals surface area contributed by atoms with E-state index in [1.165, 1.54) is 0 Å². The summed E-state index contributed by atoms with van der Waals surface area (Å²) >= 11 is 0. The van der Waals surface area contributed by atoms with Crippen LogP contribution in [0.4, 0.5) is 5.69 Å². The number of benzene rings is 1. The summed E-state index contributed by atoms with van der Waals surface area (Å²) in [4.78, 5) is 0. The Bertz CT molecular complexity index is 183. The summed E-state index contributed by atoms with van der Waals surface area (Å²) in [5.74, 6) is 0.249. The van der Waals surface area contributed by atoms with Crippen molar-refractivity contribution in [3.05, 3.63) is 24.3 Å². The fraction of sp³-hybridized carbons (Fsp3) is 0. The van der Waals surface area contributed by atoms with Crippen molar-refractivity contribution in [3.8, 4) is 5.75 Å². The van der Waals surface area contributed by atoms with Crippen molar-refractivity contribution >= 4 is 5.69 Å². The minimum absolute atomic E-state index is 0.249. The van der Waals surface area contributed by atoms with Gasteiger partial charge in [0.15, 0.2) is 0 Å². The maximum absolute atomic E-state index is 8.70. The van der Waals surface area contributed by atoms with Crippen LogP contribution < -0.4 is 5.73 Å². The molecule has 1 aromatic carbocycles. The van der Waals surface area contributed by atoms with E-state index in [2.05, 4.69) is 0 Å². The van der Waals surface area contributed by atoms with Crippen LogP contribution in [0.15, 0.2) is 24.3 Å². The first-order chi connectivity index (χ1) is 4.79. The Morgan fingerprint density at radius 3 is 1.80 bits per heavy atom. The van der Waals surface area contributed by atoms with Crippen LogP contribution in [0.5, 0.6) is 5.75 Å². The number of aromatic hydroxyl groups is 1. The van der Waals surface area contributed by atoms with Gasteiger partial charge in [0.1, 0.15) is 5.75 Å². The second kappa shape index (κ2) is 4.15. The molecule has 4 heteroatoms. The molecule has 3 N–H and O–H groups in total. The number of phenolic OH excluding ortho intramolecular Hbond substituents is 1. The van der Waals surface area contributed by atoms with Crippen LogP contribution in [-0.2, 0) is 0 Å². The van der Waals surface area contributed by atoms with E-state index in [0.29, 0.717) is 5.69 Å². The monoisotopic (exact) mass is 137 g/mol. The molecule has 0 saturated heterocycles. The lowest BCUT2D eigenvalue weighted by Crippen LogP contribution is -1.80. The molecule has 0 unspecified atom stereocenters. The highest BCUT2D eigenvalue weighted by Crippen LogP contribution is 2.09. The largest absolute Gasteiger partial charge is 0.508 e. The van der Waals surface area contributed by atoms with Crippen molar-refractivity contribution in [2.75, 3.05) is 5.73 Å². The van der Waals surface area contributed by atoms with E-state index >= 15 is 0 Å². The second-order valence-electron chi connectivity index (χ2n) is 1.59. The van der Waals surface area contributed by atoms with E-state index in [0.717, 1.165) is 0 Å². The molecule has 0 bridgehead atoms. The van der Waals surface area contributed by atoms with E-state index in [9.17, 15) is 0 Å². The number of nitrogen functional groups attached to an aromatic ring is 1. The molecule has 0 aliphatic rings. The Morgan fingerprint density at radius 1 is 1.10 bits per heavy atom. The van der Waals surface area contributed by atoms with Gasteiger partial charge in [-0.25, -0.2) is 0 Å². The van der Waals surface area contributed by atoms with E-state index < -0.39 is 0 Å². The third-order valence-corrected chi connectivity index (χ3v) is 0.893. The fourth-order valence-corrected chi connectivity index (χ4v) is 0.474. The number of anilines is 1. The van der Waals surface area contributed by atoms with Crippen LogP contribution in [0, 0.1) is 10.8 Å². The number of hydrogen-bond acceptors (Lipinski definition) is 4. The first kappa shape index (κ1) is 8.24. The molecule has 10 heavy (non-hydrogen) atoms. The average Bonchev–Trinajstić information content (AvgIpc) is 2.00. The number of nitrogens with zero attached hydrogens (tertiary/aromatic N) is 2. The highest BCUT2D eigenvalue weighted by Gasteiger charge is 1.82. The smallest absolute Gasteiger partial charge is 0.115 e. The number of nitrogens with two attached hydrogens (primary N) is 1. The zero-order chi connectivity index (χ0) is 7.98. The van der Waals surface area contributed by atoms with Crippen molar-refractivity contribution in [1.29, 1.82) is 10.8 Å². The standard InChI is InChI=1S/C6H7NO.N2/c7-5-1-3-6(8)4-2-5;1-2/h1-4,8H,7H2;. The predicted molar refractivity (Wildman–Crippen MR) is 36.0 cm³/mol. The average molecular weight is 137 g/mol. The second-order valence-corrected chi connectivity index (χ2v) is 1.59. The molecular weight excluding hydrogens is 130 g/mol. The van der Waals surface area contributed by atoms with Gasteiger partial charge in [0, 0.05) is 16.5 Å². The number of phenols is 1. The summed E-state index contributed by atoms with van der Waals surface area (Å²) in [5, 5.41) is 20.7. The van der Waals surface area contributed by atoms with Crippen LogP contribution in [0.3, 0.4) is 0 Å². The van der Waals surface area contributed by atoms with Crippen molar-refractivity contribution in [2.24, 2.45) is 0 Å². The minimum Gasteiger partial charge on any atom is -0.508 e. The Hall–Kier alpha value is -1.76. The lowest BCUT2D eigenvalue weighted by molar-refractivity contribution is 0.475. The molecule has 0 aliphatic heterocycles. The van der Waals surface area contributed by atoms with Gasteiger partial charge in [-0.1, -0.05) is 0 Å². The normalized spacial score (nSPS) is 7.40. The Morgan fingerprint density at radius 2 is 1.50 bits per heavy atom. The van der Waals surface area contributed by atoms with Gasteiger partial charge < -0.3 is 10.8 Å². The molecule has 0 aromatic heterocycles. The molecule has 0 radical (unpaired) electrons. The number of rotatable bonds is 0. The van der Waals surface area contributed by atoms with Gasteiger partial charge in [-0.2, -0.15) is 0 Å². The molecule has 0 amide bonds. The summed E-state index contributed by atoms with van der Waals surface area (Å²) in [6, 6.07) is 6.40. The molecule has 0 heterocycles. The van der Waals surface area contributed by atoms with Crippen molar-refractivity contribution in [3.63, 3.8) is 0 Å². The predicted octanol–water partition coefficient (Wildman–Crippen LogP) is 1.00. The van der Waals surface area contributed by atoms with Gasteiger partial charge in [0.25, 0.3) is 0 Å². The lowest BCUT2D eigenvalue weighted by atomic mass is 10.3. The molecule has 0 spiro atoms. The van der Waals surface area contributed by atoms with Gasteiger partial charge in [0.2, 0.25) is 0 Å². The van der Waals surface area contributed by atoms with Crippen molar-refractivity contribution in [1.82, 2.24) is 0 Å². The number of hydrogen-bond donors (Lipinski definition) is 2. The Labute approximate surface area is 58.3 Å². The van der Waals surface area contributed by atoms with Gasteiger partial charge in [-0.15, -0.1) is 0 Å². The lowest BCUT2D eigenvalue weighted by Gasteiger charge is -1.89. The first-order valence-corrected chi connectivity index (χ1v) is 2.53. The topological polar surface area (TPSA) is 93.8 Å². The minimum atomic E-state index is 0.249. The summed E-state index contributed by atoms with van der Waals surface area (Å²) in [5.41, 5.74) is 5.98. The summed E-state index contributed by atoms with van der Waals surface area (Å²) < 4.78 is 0. The molecule has 1 rings (SSSR count). The third-order valence-electron chi connectivity index (χ3n) is 0.893. The maximum Gasteiger partial charge on any atom is 0.115 e. The van der Waals surface area contributed by atoms with E-state index in [1.807, 2.05) is 0 Å². The van der Waals surface area contributed by atoms with E-state index in [-0.39, 0.29) is 5.75 Å². The van der Waals surface area contributed by atoms with Crippen molar-refractivity contribution in [2.45, 2.75) is 0 Å². The van der Waals surface area contributed by atoms with Crippen LogP contribution in [0.1, 0.15) is 0 Å². The third kappa shape index (κ3) is 2.52. The zero-order valence-electron chi connectivity index (χ0n) is 5.23. The molecule has 0 fully saturated rings. The fourth-order valence-electron chi connectivity index (χ4n) is 0.474. The quantitative estimate of drug-likeness (QED) is 0.317. The van der Waals surface area contributed by atoms with Gasteiger partial charge in [0.05, 0.1) is 0 Å². The zero-order valence-corrected chi connectivity index (χ0v) is 5.23. The highest BCUT2D eigenvalue weighted by molar-refractivity contribution is 5.40. The van der Waals surface area contributed by atoms with Crippen LogP contribution in [0.25, 0.3) is 0 Å². The van der Waals surface area contributed by atoms with Crippen LogP contribution in [-0.4, -0.2) is 5.11 Å². The summed E-state index contributed by atoms with van der Waals surface area (Å²) in [6.45, 7) is 0. The van der Waals surface area contributed by atoms with Crippen LogP contribution in [0.2, 0.25) is 0 Å². The van der Waals surface area contributed by atoms with E-state index in [4.69, 9.17) is 21.6 Å². The Kier molecular flexibility index (Phi) is 3.42. The summed E-state index contributed by atoms with van der Waals surface area (Å²) in [6.07, 6.45) is 0. The SMILES string of the molecule is N#N.Nc1ccc(O)cc1. The summed E-state index contributed by atoms with van der Waals surface area (Å²) in [7, 11) is 0. The Balaban J connectivity index is 0.000000371. The van der Waals surface area contributed by atoms with Crippen molar-refractivity contribution < 1.29 is 5.11 Å². The molecule has 0 saturated carbocycles. The maximum atomic E-state index is 8.70. The molecule has 0 aliphatic carbocycles. The molecule has 1 aromatic rings. The van der Waals surface area contributed by atoms with Gasteiger partial charge in [-0.05, 0) is 24.3 Å². The first-order valence-electron chi connectivity index (χ1n) is 2.53. The van der Waals surface area contributed by atoms with Gasteiger partial charge >= 0.3 is 0 Å². The molecule has 4 nitrogen and oxygen atoms in total. The molecule has 0 atom stereocenters. The van der Waals surface area contributed by atoms with E-state index in [1.54, 1.807) is 24.3 Å².